The molecule has 0 saturated heterocycles. The molecule has 0 unspecified atom stereocenters. The summed E-state index contributed by atoms with van der Waals surface area (Å²) in [7, 11) is 0. The fourth-order valence-electron chi connectivity index (χ4n) is 6.03. The quantitative estimate of drug-likeness (QED) is 0.413. The van der Waals surface area contributed by atoms with Gasteiger partial charge >= 0.3 is 5.97 Å². The van der Waals surface area contributed by atoms with Gasteiger partial charge in [0.05, 0.1) is 0 Å². The Morgan fingerprint density at radius 3 is 2.19 bits per heavy atom. The molecule has 0 aliphatic heterocycles. The Morgan fingerprint density at radius 1 is 1.10 bits per heavy atom. The van der Waals surface area contributed by atoms with E-state index in [-0.39, 0.29) is 22.7 Å². The van der Waals surface area contributed by atoms with Crippen molar-refractivity contribution in [3.8, 4) is 0 Å². The third-order valence-electron chi connectivity index (χ3n) is 7.86. The number of hydrogen-bond acceptors (Lipinski definition) is 3. The zero-order chi connectivity index (χ0) is 23.0. The predicted molar refractivity (Wildman–Crippen MR) is 129 cm³/mol. The lowest BCUT2D eigenvalue weighted by Gasteiger charge is -2.38. The second-order valence-corrected chi connectivity index (χ2v) is 9.86. The Balaban J connectivity index is 1.89. The van der Waals surface area contributed by atoms with Crippen LogP contribution in [-0.4, -0.2) is 24.0 Å². The fourth-order valence-corrected chi connectivity index (χ4v) is 6.03. The van der Waals surface area contributed by atoms with Gasteiger partial charge in [-0.3, -0.25) is 0 Å². The maximum absolute atomic E-state index is 13.4. The molecule has 0 radical (unpaired) electrons. The molecule has 0 saturated carbocycles. The molecule has 2 aliphatic rings. The van der Waals surface area contributed by atoms with E-state index >= 15 is 0 Å². The summed E-state index contributed by atoms with van der Waals surface area (Å²) < 4.78 is 5.85. The molecule has 0 fully saturated rings. The summed E-state index contributed by atoms with van der Waals surface area (Å²) in [5.41, 5.74) is 6.57. The first-order valence-electron chi connectivity index (χ1n) is 11.7. The number of carbonyl (C=O) groups is 1. The van der Waals surface area contributed by atoms with E-state index in [0.29, 0.717) is 6.61 Å². The Morgan fingerprint density at radius 2 is 1.68 bits per heavy atom. The first kappa shape index (κ1) is 23.4. The van der Waals surface area contributed by atoms with Crippen LogP contribution in [0.2, 0.25) is 0 Å². The van der Waals surface area contributed by atoms with Gasteiger partial charge in [0.25, 0.3) is 0 Å². The largest absolute Gasteiger partial charge is 0.457 e. The highest BCUT2D eigenvalue weighted by molar-refractivity contribution is 5.94. The maximum atomic E-state index is 13.4. The molecule has 0 heterocycles. The van der Waals surface area contributed by atoms with Gasteiger partial charge in [-0.05, 0) is 48.8 Å². The molecule has 3 heteroatoms. The van der Waals surface area contributed by atoms with Crippen LogP contribution in [0.3, 0.4) is 0 Å². The predicted octanol–water partition coefficient (Wildman–Crippen LogP) is 6.76. The van der Waals surface area contributed by atoms with E-state index in [4.69, 9.17) is 4.74 Å². The van der Waals surface area contributed by atoms with Crippen molar-refractivity contribution in [2.45, 2.75) is 67.9 Å². The molecule has 2 atom stereocenters. The summed E-state index contributed by atoms with van der Waals surface area (Å²) in [5.74, 6) is 0.101. The number of ether oxygens (including phenoxy) is 1. The van der Waals surface area contributed by atoms with Crippen molar-refractivity contribution in [1.82, 2.24) is 4.90 Å². The number of esters is 1. The van der Waals surface area contributed by atoms with Gasteiger partial charge in [-0.2, -0.15) is 0 Å². The van der Waals surface area contributed by atoms with Crippen molar-refractivity contribution in [2.24, 2.45) is 16.7 Å². The van der Waals surface area contributed by atoms with Gasteiger partial charge in [0.15, 0.2) is 0 Å². The van der Waals surface area contributed by atoms with Crippen LogP contribution in [0, 0.1) is 16.7 Å². The first-order chi connectivity index (χ1) is 14.6. The SMILES string of the molecule is C=Cc1ccc(COC(=O)C2=C(C)[C@@H]3C(N(CCC)CCC)=C(C)[C@]2(C)C3(C)C)cc1. The smallest absolute Gasteiger partial charge is 0.335 e. The third kappa shape index (κ3) is 3.56. The minimum atomic E-state index is -0.305. The van der Waals surface area contributed by atoms with Crippen molar-refractivity contribution < 1.29 is 9.53 Å². The third-order valence-corrected chi connectivity index (χ3v) is 7.86. The normalized spacial score (nSPS) is 24.0. The minimum Gasteiger partial charge on any atom is -0.457 e. The molecular weight excluding hydrogens is 382 g/mol. The van der Waals surface area contributed by atoms with Crippen LogP contribution < -0.4 is 0 Å². The highest BCUT2D eigenvalue weighted by Gasteiger charge is 2.65. The standard InChI is InChI=1S/C28H39NO2/c1-9-16-29(17-10-2)25-20(5)28(8)24(19(4)23(25)27(28,6)7)26(30)31-18-22-14-12-21(11-3)13-15-22/h11-15,23H,3,9-10,16-18H2,1-2,4-8H3/t23-,28+/m1/s1. The van der Waals surface area contributed by atoms with E-state index in [9.17, 15) is 4.79 Å². The monoisotopic (exact) mass is 421 g/mol. The summed E-state index contributed by atoms with van der Waals surface area (Å²) in [6.07, 6.45) is 4.07. The van der Waals surface area contributed by atoms with Crippen LogP contribution in [-0.2, 0) is 16.1 Å². The zero-order valence-corrected chi connectivity index (χ0v) is 20.5. The lowest BCUT2D eigenvalue weighted by molar-refractivity contribution is -0.141. The molecule has 1 aromatic rings. The van der Waals surface area contributed by atoms with Gasteiger partial charge in [0.2, 0.25) is 0 Å². The maximum Gasteiger partial charge on any atom is 0.335 e. The van der Waals surface area contributed by atoms with Gasteiger partial charge in [0.1, 0.15) is 6.61 Å². The van der Waals surface area contributed by atoms with E-state index in [1.807, 2.05) is 30.3 Å². The van der Waals surface area contributed by atoms with E-state index in [1.165, 1.54) is 16.8 Å². The Hall–Kier alpha value is -2.29. The summed E-state index contributed by atoms with van der Waals surface area (Å²) >= 11 is 0. The van der Waals surface area contributed by atoms with E-state index in [0.717, 1.165) is 42.6 Å². The van der Waals surface area contributed by atoms with Gasteiger partial charge in [-0.25, -0.2) is 4.79 Å². The van der Waals surface area contributed by atoms with Crippen molar-refractivity contribution in [2.75, 3.05) is 13.1 Å². The van der Waals surface area contributed by atoms with E-state index in [1.54, 1.807) is 0 Å². The molecule has 0 N–H and O–H groups in total. The molecule has 1 aromatic carbocycles. The lowest BCUT2D eigenvalue weighted by atomic mass is 9.64. The van der Waals surface area contributed by atoms with Crippen LogP contribution >= 0.6 is 0 Å². The summed E-state index contributed by atoms with van der Waals surface area (Å²) in [5, 5.41) is 0. The molecule has 2 bridgehead atoms. The topological polar surface area (TPSA) is 29.5 Å². The van der Waals surface area contributed by atoms with Gasteiger partial charge < -0.3 is 9.64 Å². The van der Waals surface area contributed by atoms with Gasteiger partial charge in [-0.15, -0.1) is 0 Å². The average Bonchev–Trinajstić information content (AvgIpc) is 2.99. The number of nitrogens with zero attached hydrogens (tertiary/aromatic N) is 1. The fraction of sp³-hybridized carbons (Fsp3) is 0.536. The molecule has 3 nitrogen and oxygen atoms in total. The molecule has 168 valence electrons. The van der Waals surface area contributed by atoms with Crippen LogP contribution in [0.1, 0.15) is 72.4 Å². The van der Waals surface area contributed by atoms with Crippen molar-refractivity contribution >= 4 is 12.0 Å². The minimum absolute atomic E-state index is 0.0454. The number of fused-ring (bicyclic) bond motifs is 2. The first-order valence-corrected chi connectivity index (χ1v) is 11.7. The average molecular weight is 422 g/mol. The molecule has 3 rings (SSSR count). The summed E-state index contributed by atoms with van der Waals surface area (Å²) in [6.45, 7) is 22.0. The van der Waals surface area contributed by atoms with Crippen LogP contribution in [0.25, 0.3) is 6.08 Å². The molecule has 0 aromatic heterocycles. The number of allylic oxidation sites excluding steroid dienone is 2. The highest BCUT2D eigenvalue weighted by atomic mass is 16.5. The lowest BCUT2D eigenvalue weighted by Crippen LogP contribution is -2.35. The number of carbonyl (C=O) groups excluding carboxylic acids is 1. The van der Waals surface area contributed by atoms with E-state index in [2.05, 4.69) is 59.9 Å². The zero-order valence-electron chi connectivity index (χ0n) is 20.5. The number of benzene rings is 1. The number of hydrogen-bond donors (Lipinski definition) is 0. The number of rotatable bonds is 9. The molecule has 0 amide bonds. The second-order valence-electron chi connectivity index (χ2n) is 9.86. The van der Waals surface area contributed by atoms with Crippen molar-refractivity contribution in [3.63, 3.8) is 0 Å². The van der Waals surface area contributed by atoms with Crippen LogP contribution in [0.5, 0.6) is 0 Å². The molecule has 0 spiro atoms. The Bertz CT molecular complexity index is 913. The molecular formula is C28H39NO2. The van der Waals surface area contributed by atoms with E-state index < -0.39 is 0 Å². The van der Waals surface area contributed by atoms with Crippen LogP contribution in [0.15, 0.2) is 53.3 Å². The van der Waals surface area contributed by atoms with Gasteiger partial charge in [-0.1, -0.05) is 77.1 Å². The van der Waals surface area contributed by atoms with Crippen molar-refractivity contribution in [3.05, 3.63) is 64.4 Å². The molecule has 2 aliphatic carbocycles. The Labute approximate surface area is 188 Å². The van der Waals surface area contributed by atoms with Gasteiger partial charge in [0, 0.05) is 35.7 Å². The molecule has 31 heavy (non-hydrogen) atoms. The van der Waals surface area contributed by atoms with Crippen molar-refractivity contribution in [1.29, 1.82) is 0 Å². The summed E-state index contributed by atoms with van der Waals surface area (Å²) in [4.78, 5) is 15.9. The highest BCUT2D eigenvalue weighted by Crippen LogP contribution is 2.70. The second kappa shape index (κ2) is 8.68. The van der Waals surface area contributed by atoms with Crippen LogP contribution in [0.4, 0.5) is 0 Å². The Kier molecular flexibility index (Phi) is 6.55. The summed E-state index contributed by atoms with van der Waals surface area (Å²) in [6, 6.07) is 7.99.